The molecule has 0 spiro atoms. The molecule has 0 aromatic heterocycles. The highest BCUT2D eigenvalue weighted by Crippen LogP contribution is 2.23. The Labute approximate surface area is 104 Å². The van der Waals surface area contributed by atoms with Crippen molar-refractivity contribution in [1.29, 1.82) is 0 Å². The lowest BCUT2D eigenvalue weighted by atomic mass is 9.87. The van der Waals surface area contributed by atoms with Crippen LogP contribution in [0.3, 0.4) is 0 Å². The molecular formula is C13H26N2O2. The van der Waals surface area contributed by atoms with Gasteiger partial charge in [0.1, 0.15) is 0 Å². The van der Waals surface area contributed by atoms with Crippen molar-refractivity contribution in [3.63, 3.8) is 0 Å². The molecule has 0 aliphatic heterocycles. The van der Waals surface area contributed by atoms with Crippen LogP contribution in [0.5, 0.6) is 0 Å². The van der Waals surface area contributed by atoms with Gasteiger partial charge in [0.15, 0.2) is 0 Å². The highest BCUT2D eigenvalue weighted by molar-refractivity contribution is 5.85. The second kappa shape index (κ2) is 6.36. The standard InChI is InChI=1S/C13H26N2O2/c1-3-8-13(2,14)12(17)15-9-10-4-6-11(16)7-5-10/h10-11,16H,3-9,14H2,1-2H3,(H,15,17). The predicted molar refractivity (Wildman–Crippen MR) is 68.5 cm³/mol. The molecule has 4 N–H and O–H groups in total. The maximum absolute atomic E-state index is 11.9. The quantitative estimate of drug-likeness (QED) is 0.677. The maximum Gasteiger partial charge on any atom is 0.239 e. The Morgan fingerprint density at radius 1 is 1.41 bits per heavy atom. The first-order valence-corrected chi connectivity index (χ1v) is 6.71. The van der Waals surface area contributed by atoms with Crippen LogP contribution < -0.4 is 11.1 Å². The number of aliphatic hydroxyl groups is 1. The summed E-state index contributed by atoms with van der Waals surface area (Å²) in [6.45, 7) is 4.51. The summed E-state index contributed by atoms with van der Waals surface area (Å²) in [6.07, 6.45) is 5.19. The minimum absolute atomic E-state index is 0.0505. The summed E-state index contributed by atoms with van der Waals surface area (Å²) >= 11 is 0. The van der Waals surface area contributed by atoms with Gasteiger partial charge in [0.25, 0.3) is 0 Å². The molecule has 0 saturated heterocycles. The molecule has 0 radical (unpaired) electrons. The normalized spacial score (nSPS) is 28.5. The van der Waals surface area contributed by atoms with Crippen molar-refractivity contribution in [1.82, 2.24) is 5.32 Å². The number of carbonyl (C=O) groups is 1. The molecule has 100 valence electrons. The number of carbonyl (C=O) groups excluding carboxylic acids is 1. The van der Waals surface area contributed by atoms with Crippen LogP contribution in [-0.2, 0) is 4.79 Å². The van der Waals surface area contributed by atoms with E-state index in [9.17, 15) is 9.90 Å². The lowest BCUT2D eigenvalue weighted by Gasteiger charge is -2.28. The van der Waals surface area contributed by atoms with E-state index >= 15 is 0 Å². The second-order valence-electron chi connectivity index (χ2n) is 5.55. The van der Waals surface area contributed by atoms with Crippen molar-refractivity contribution < 1.29 is 9.90 Å². The third-order valence-corrected chi connectivity index (χ3v) is 3.66. The smallest absolute Gasteiger partial charge is 0.239 e. The fraction of sp³-hybridized carbons (Fsp3) is 0.923. The van der Waals surface area contributed by atoms with Crippen molar-refractivity contribution in [3.05, 3.63) is 0 Å². The minimum Gasteiger partial charge on any atom is -0.393 e. The number of aliphatic hydroxyl groups excluding tert-OH is 1. The van der Waals surface area contributed by atoms with Crippen LogP contribution in [0.2, 0.25) is 0 Å². The Morgan fingerprint density at radius 3 is 2.53 bits per heavy atom. The Balaban J connectivity index is 2.28. The van der Waals surface area contributed by atoms with E-state index in [0.717, 1.165) is 32.1 Å². The van der Waals surface area contributed by atoms with E-state index in [4.69, 9.17) is 5.73 Å². The summed E-state index contributed by atoms with van der Waals surface area (Å²) in [5.41, 5.74) is 5.21. The van der Waals surface area contributed by atoms with E-state index < -0.39 is 5.54 Å². The number of hydrogen-bond acceptors (Lipinski definition) is 3. The van der Waals surface area contributed by atoms with E-state index in [1.165, 1.54) is 0 Å². The Morgan fingerprint density at radius 2 is 2.00 bits per heavy atom. The zero-order chi connectivity index (χ0) is 12.9. The van der Waals surface area contributed by atoms with Crippen LogP contribution in [-0.4, -0.2) is 29.2 Å². The molecule has 1 atom stereocenters. The van der Waals surface area contributed by atoms with Crippen LogP contribution in [0.1, 0.15) is 52.4 Å². The Bertz CT molecular complexity index is 246. The maximum atomic E-state index is 11.9. The molecule has 4 nitrogen and oxygen atoms in total. The number of nitrogens with two attached hydrogens (primary N) is 1. The predicted octanol–water partition coefficient (Wildman–Crippen LogP) is 1.17. The van der Waals surface area contributed by atoms with Gasteiger partial charge in [-0.15, -0.1) is 0 Å². The van der Waals surface area contributed by atoms with Crippen LogP contribution in [0.25, 0.3) is 0 Å². The topological polar surface area (TPSA) is 75.4 Å². The summed E-state index contributed by atoms with van der Waals surface area (Å²) < 4.78 is 0. The van der Waals surface area contributed by atoms with Gasteiger partial charge in [0.2, 0.25) is 5.91 Å². The average molecular weight is 242 g/mol. The van der Waals surface area contributed by atoms with E-state index in [1.54, 1.807) is 6.92 Å². The van der Waals surface area contributed by atoms with Gasteiger partial charge in [-0.05, 0) is 44.9 Å². The molecule has 0 aromatic rings. The molecule has 1 rings (SSSR count). The lowest BCUT2D eigenvalue weighted by Crippen LogP contribution is -2.52. The van der Waals surface area contributed by atoms with Gasteiger partial charge in [-0.3, -0.25) is 4.79 Å². The van der Waals surface area contributed by atoms with Gasteiger partial charge >= 0.3 is 0 Å². The van der Waals surface area contributed by atoms with Crippen LogP contribution >= 0.6 is 0 Å². The summed E-state index contributed by atoms with van der Waals surface area (Å²) in [6, 6.07) is 0. The minimum atomic E-state index is -0.747. The fourth-order valence-corrected chi connectivity index (χ4v) is 2.42. The zero-order valence-electron chi connectivity index (χ0n) is 11.0. The Hall–Kier alpha value is -0.610. The van der Waals surface area contributed by atoms with Gasteiger partial charge in [-0.25, -0.2) is 0 Å². The first-order chi connectivity index (χ1) is 7.95. The monoisotopic (exact) mass is 242 g/mol. The average Bonchev–Trinajstić information content (AvgIpc) is 2.27. The Kier molecular flexibility index (Phi) is 5.40. The number of amides is 1. The highest BCUT2D eigenvalue weighted by atomic mass is 16.3. The molecule has 0 aromatic carbocycles. The first kappa shape index (κ1) is 14.5. The van der Waals surface area contributed by atoms with E-state index in [-0.39, 0.29) is 12.0 Å². The summed E-state index contributed by atoms with van der Waals surface area (Å²) in [4.78, 5) is 11.9. The summed E-state index contributed by atoms with van der Waals surface area (Å²) in [5, 5.41) is 12.3. The van der Waals surface area contributed by atoms with Gasteiger partial charge < -0.3 is 16.2 Å². The van der Waals surface area contributed by atoms with Crippen LogP contribution in [0.4, 0.5) is 0 Å². The fourth-order valence-electron chi connectivity index (χ4n) is 2.42. The van der Waals surface area contributed by atoms with Crippen molar-refractivity contribution in [2.45, 2.75) is 64.0 Å². The third-order valence-electron chi connectivity index (χ3n) is 3.66. The molecule has 17 heavy (non-hydrogen) atoms. The molecule has 1 saturated carbocycles. The molecule has 0 heterocycles. The summed E-state index contributed by atoms with van der Waals surface area (Å²) in [7, 11) is 0. The van der Waals surface area contributed by atoms with Crippen LogP contribution in [0.15, 0.2) is 0 Å². The van der Waals surface area contributed by atoms with Gasteiger partial charge in [0, 0.05) is 6.54 Å². The van der Waals surface area contributed by atoms with Crippen molar-refractivity contribution >= 4 is 5.91 Å². The third kappa shape index (κ3) is 4.64. The van der Waals surface area contributed by atoms with E-state index in [0.29, 0.717) is 18.9 Å². The number of hydrogen-bond donors (Lipinski definition) is 3. The molecule has 1 unspecified atom stereocenters. The first-order valence-electron chi connectivity index (χ1n) is 6.71. The largest absolute Gasteiger partial charge is 0.393 e. The molecule has 4 heteroatoms. The van der Waals surface area contributed by atoms with E-state index in [1.807, 2.05) is 6.92 Å². The molecular weight excluding hydrogens is 216 g/mol. The van der Waals surface area contributed by atoms with Gasteiger partial charge in [-0.1, -0.05) is 13.3 Å². The van der Waals surface area contributed by atoms with Crippen LogP contribution in [0, 0.1) is 5.92 Å². The SMILES string of the molecule is CCCC(C)(N)C(=O)NCC1CCC(O)CC1. The molecule has 1 aliphatic carbocycles. The van der Waals surface area contributed by atoms with Crippen molar-refractivity contribution in [2.24, 2.45) is 11.7 Å². The molecule has 1 fully saturated rings. The zero-order valence-corrected chi connectivity index (χ0v) is 11.0. The van der Waals surface area contributed by atoms with Gasteiger partial charge in [0.05, 0.1) is 11.6 Å². The molecule has 1 aliphatic rings. The summed E-state index contributed by atoms with van der Waals surface area (Å²) in [5.74, 6) is 0.449. The molecule has 1 amide bonds. The molecule has 0 bridgehead atoms. The second-order valence-corrected chi connectivity index (χ2v) is 5.55. The van der Waals surface area contributed by atoms with Crippen molar-refractivity contribution in [3.8, 4) is 0 Å². The van der Waals surface area contributed by atoms with Gasteiger partial charge in [-0.2, -0.15) is 0 Å². The number of rotatable bonds is 5. The van der Waals surface area contributed by atoms with Crippen molar-refractivity contribution in [2.75, 3.05) is 6.54 Å². The number of nitrogens with one attached hydrogen (secondary N) is 1. The lowest BCUT2D eigenvalue weighted by molar-refractivity contribution is -0.126. The highest BCUT2D eigenvalue weighted by Gasteiger charge is 2.28. The van der Waals surface area contributed by atoms with E-state index in [2.05, 4.69) is 5.32 Å².